The molecule has 1 N–H and O–H groups in total. The van der Waals surface area contributed by atoms with Crippen LogP contribution in [0.5, 0.6) is 5.75 Å². The van der Waals surface area contributed by atoms with Gasteiger partial charge in [0, 0.05) is 11.8 Å². The molecule has 0 fully saturated rings. The third kappa shape index (κ3) is 1.90. The van der Waals surface area contributed by atoms with E-state index in [0.29, 0.717) is 6.61 Å². The number of aromatic nitrogens is 2. The van der Waals surface area contributed by atoms with Crippen molar-refractivity contribution in [1.29, 1.82) is 0 Å². The average Bonchev–Trinajstić information content (AvgIpc) is 2.78. The molecule has 1 unspecified atom stereocenters. The van der Waals surface area contributed by atoms with E-state index in [2.05, 4.69) is 21.4 Å². The van der Waals surface area contributed by atoms with Gasteiger partial charge in [-0.25, -0.2) is 4.98 Å². The van der Waals surface area contributed by atoms with Crippen LogP contribution in [0, 0.1) is 13.8 Å². The molecule has 1 aromatic heterocycles. The number of anilines is 1. The number of aryl methyl sites for hydroxylation is 2. The summed E-state index contributed by atoms with van der Waals surface area (Å²) in [5.41, 5.74) is 3.00. The van der Waals surface area contributed by atoms with Crippen molar-refractivity contribution in [3.05, 3.63) is 47.4 Å². The van der Waals surface area contributed by atoms with Gasteiger partial charge in [0.15, 0.2) is 0 Å². The number of nitrogens with one attached hydrogen (secondary N) is 1. The molecular weight excluding hydrogens is 226 g/mol. The van der Waals surface area contributed by atoms with Gasteiger partial charge in [0.2, 0.25) is 0 Å². The van der Waals surface area contributed by atoms with Gasteiger partial charge in [0.05, 0.1) is 17.4 Å². The minimum absolute atomic E-state index is 0.149. The van der Waals surface area contributed by atoms with Gasteiger partial charge in [-0.05, 0) is 19.9 Å². The number of benzene rings is 1. The molecular formula is C14H15N3O. The number of para-hydroxylation sites is 1. The van der Waals surface area contributed by atoms with E-state index < -0.39 is 0 Å². The first-order chi connectivity index (χ1) is 8.74. The number of ether oxygens (including phenoxy) is 1. The molecule has 2 heterocycles. The number of fused-ring (bicyclic) bond motifs is 1. The molecule has 0 saturated carbocycles. The van der Waals surface area contributed by atoms with E-state index in [1.165, 1.54) is 5.56 Å². The van der Waals surface area contributed by atoms with Crippen LogP contribution in [0.4, 0.5) is 5.82 Å². The van der Waals surface area contributed by atoms with Crippen LogP contribution in [0.15, 0.2) is 30.5 Å². The van der Waals surface area contributed by atoms with Crippen molar-refractivity contribution in [3.8, 4) is 5.75 Å². The first-order valence-electron chi connectivity index (χ1n) is 6.02. The Kier molecular flexibility index (Phi) is 2.63. The van der Waals surface area contributed by atoms with E-state index in [1.54, 1.807) is 6.20 Å². The molecule has 1 aromatic carbocycles. The lowest BCUT2D eigenvalue weighted by Crippen LogP contribution is -2.14. The van der Waals surface area contributed by atoms with E-state index in [1.807, 2.05) is 32.0 Å². The van der Waals surface area contributed by atoms with Crippen LogP contribution in [0.3, 0.4) is 0 Å². The van der Waals surface area contributed by atoms with Crippen molar-refractivity contribution in [2.24, 2.45) is 0 Å². The summed E-state index contributed by atoms with van der Waals surface area (Å²) in [7, 11) is 0. The highest BCUT2D eigenvalue weighted by Crippen LogP contribution is 2.33. The quantitative estimate of drug-likeness (QED) is 0.878. The summed E-state index contributed by atoms with van der Waals surface area (Å²) in [5.74, 6) is 1.79. The lowest BCUT2D eigenvalue weighted by atomic mass is 10.1. The van der Waals surface area contributed by atoms with E-state index in [9.17, 15) is 0 Å². The smallest absolute Gasteiger partial charge is 0.148 e. The molecule has 4 nitrogen and oxygen atoms in total. The fourth-order valence-corrected chi connectivity index (χ4v) is 2.12. The normalized spacial score (nSPS) is 17.1. The van der Waals surface area contributed by atoms with Crippen LogP contribution >= 0.6 is 0 Å². The third-order valence-electron chi connectivity index (χ3n) is 3.09. The van der Waals surface area contributed by atoms with Gasteiger partial charge < -0.3 is 10.1 Å². The van der Waals surface area contributed by atoms with Gasteiger partial charge in [-0.3, -0.25) is 4.98 Å². The fourth-order valence-electron chi connectivity index (χ4n) is 2.12. The molecule has 4 heteroatoms. The minimum Gasteiger partial charge on any atom is -0.491 e. The van der Waals surface area contributed by atoms with E-state index in [4.69, 9.17) is 4.74 Å². The highest BCUT2D eigenvalue weighted by atomic mass is 16.5. The monoisotopic (exact) mass is 241 g/mol. The van der Waals surface area contributed by atoms with Crippen molar-refractivity contribution < 1.29 is 4.74 Å². The second-order valence-corrected chi connectivity index (χ2v) is 4.49. The Morgan fingerprint density at radius 3 is 3.00 bits per heavy atom. The van der Waals surface area contributed by atoms with Crippen LogP contribution in [0.1, 0.15) is 23.0 Å². The van der Waals surface area contributed by atoms with Gasteiger partial charge in [0.25, 0.3) is 0 Å². The molecule has 0 radical (unpaired) electrons. The Morgan fingerprint density at radius 1 is 1.28 bits per heavy atom. The summed E-state index contributed by atoms with van der Waals surface area (Å²) in [4.78, 5) is 8.79. The van der Waals surface area contributed by atoms with E-state index >= 15 is 0 Å². The maximum absolute atomic E-state index is 5.64. The number of hydrogen-bond donors (Lipinski definition) is 1. The predicted molar refractivity (Wildman–Crippen MR) is 69.8 cm³/mol. The zero-order chi connectivity index (χ0) is 12.5. The average molecular weight is 241 g/mol. The third-order valence-corrected chi connectivity index (χ3v) is 3.09. The maximum Gasteiger partial charge on any atom is 0.148 e. The van der Waals surface area contributed by atoms with Crippen LogP contribution < -0.4 is 10.1 Å². The first-order valence-corrected chi connectivity index (χ1v) is 6.02. The van der Waals surface area contributed by atoms with Gasteiger partial charge in [0.1, 0.15) is 18.2 Å². The predicted octanol–water partition coefficient (Wildman–Crippen LogP) is 2.64. The SMILES string of the molecule is Cc1cnc(C)c(NC2COc3ccccc32)n1. The van der Waals surface area contributed by atoms with Crippen molar-refractivity contribution in [2.75, 3.05) is 11.9 Å². The van der Waals surface area contributed by atoms with E-state index in [-0.39, 0.29) is 6.04 Å². The molecule has 0 aliphatic carbocycles. The summed E-state index contributed by atoms with van der Waals surface area (Å²) in [6, 6.07) is 8.23. The lowest BCUT2D eigenvalue weighted by molar-refractivity contribution is 0.339. The van der Waals surface area contributed by atoms with Crippen molar-refractivity contribution in [3.63, 3.8) is 0 Å². The van der Waals surface area contributed by atoms with E-state index in [0.717, 1.165) is 23.0 Å². The summed E-state index contributed by atoms with van der Waals surface area (Å²) in [6.07, 6.45) is 1.78. The molecule has 0 spiro atoms. The van der Waals surface area contributed by atoms with Gasteiger partial charge in [-0.1, -0.05) is 18.2 Å². The first kappa shape index (κ1) is 11.0. The molecule has 2 aromatic rings. The van der Waals surface area contributed by atoms with Crippen LogP contribution in [0.2, 0.25) is 0 Å². The number of nitrogens with zero attached hydrogens (tertiary/aromatic N) is 2. The highest BCUT2D eigenvalue weighted by molar-refractivity contribution is 5.48. The molecule has 92 valence electrons. The lowest BCUT2D eigenvalue weighted by Gasteiger charge is -2.14. The minimum atomic E-state index is 0.149. The molecule has 0 bridgehead atoms. The Labute approximate surface area is 106 Å². The number of hydrogen-bond acceptors (Lipinski definition) is 4. The molecule has 0 saturated heterocycles. The molecule has 1 atom stereocenters. The van der Waals surface area contributed by atoms with Crippen LogP contribution in [-0.4, -0.2) is 16.6 Å². The summed E-state index contributed by atoms with van der Waals surface area (Å²) < 4.78 is 5.64. The summed E-state index contributed by atoms with van der Waals surface area (Å²) in [5, 5.41) is 3.41. The zero-order valence-corrected chi connectivity index (χ0v) is 10.5. The highest BCUT2D eigenvalue weighted by Gasteiger charge is 2.24. The van der Waals surface area contributed by atoms with Crippen LogP contribution in [-0.2, 0) is 0 Å². The Balaban J connectivity index is 1.88. The Bertz CT molecular complexity index is 583. The molecule has 18 heavy (non-hydrogen) atoms. The molecule has 1 aliphatic rings. The zero-order valence-electron chi connectivity index (χ0n) is 10.5. The summed E-state index contributed by atoms with van der Waals surface area (Å²) >= 11 is 0. The van der Waals surface area contributed by atoms with Crippen molar-refractivity contribution in [1.82, 2.24) is 9.97 Å². The van der Waals surface area contributed by atoms with Gasteiger partial charge >= 0.3 is 0 Å². The topological polar surface area (TPSA) is 47.0 Å². The van der Waals surface area contributed by atoms with Gasteiger partial charge in [-0.15, -0.1) is 0 Å². The second kappa shape index (κ2) is 4.29. The molecule has 1 aliphatic heterocycles. The fraction of sp³-hybridized carbons (Fsp3) is 0.286. The standard InChI is InChI=1S/C14H15N3O/c1-9-7-15-10(2)14(16-9)17-12-8-18-13-6-4-3-5-11(12)13/h3-7,12H,8H2,1-2H3,(H,16,17). The van der Waals surface area contributed by atoms with Crippen LogP contribution in [0.25, 0.3) is 0 Å². The second-order valence-electron chi connectivity index (χ2n) is 4.49. The summed E-state index contributed by atoms with van der Waals surface area (Å²) in [6.45, 7) is 4.53. The Hall–Kier alpha value is -2.10. The van der Waals surface area contributed by atoms with Gasteiger partial charge in [-0.2, -0.15) is 0 Å². The number of rotatable bonds is 2. The molecule has 0 amide bonds. The largest absolute Gasteiger partial charge is 0.491 e. The van der Waals surface area contributed by atoms with Crippen molar-refractivity contribution >= 4 is 5.82 Å². The Morgan fingerprint density at radius 2 is 2.11 bits per heavy atom. The molecule has 3 rings (SSSR count). The van der Waals surface area contributed by atoms with Crippen molar-refractivity contribution in [2.45, 2.75) is 19.9 Å². The maximum atomic E-state index is 5.64.